The van der Waals surface area contributed by atoms with E-state index in [0.717, 1.165) is 65.1 Å². The predicted molar refractivity (Wildman–Crippen MR) is 142 cm³/mol. The molecule has 2 N–H and O–H groups in total. The Morgan fingerprint density at radius 1 is 1.08 bits per heavy atom. The van der Waals surface area contributed by atoms with Gasteiger partial charge in [-0.05, 0) is 78.0 Å². The number of amides is 1. The average molecular weight is 477 g/mol. The van der Waals surface area contributed by atoms with Gasteiger partial charge in [0.1, 0.15) is 5.75 Å². The minimum Gasteiger partial charge on any atom is -0.497 e. The molecule has 2 aliphatic heterocycles. The number of carbonyl (C=O) groups excluding carboxylic acids is 1. The number of rotatable bonds is 4. The summed E-state index contributed by atoms with van der Waals surface area (Å²) in [5.74, 6) is 1.01. The molecular weight excluding hydrogens is 448 g/mol. The maximum absolute atomic E-state index is 13.0. The number of anilines is 1. The van der Waals surface area contributed by atoms with Crippen molar-refractivity contribution in [2.24, 2.45) is 0 Å². The number of hydrogen-bond acceptors (Lipinski definition) is 4. The Balaban J connectivity index is 1.16. The van der Waals surface area contributed by atoms with Gasteiger partial charge in [0.25, 0.3) is 0 Å². The summed E-state index contributed by atoms with van der Waals surface area (Å²) < 4.78 is 5.42. The van der Waals surface area contributed by atoms with Gasteiger partial charge in [0, 0.05) is 30.1 Å². The van der Waals surface area contributed by atoms with Crippen LogP contribution in [0.5, 0.6) is 5.75 Å². The van der Waals surface area contributed by atoms with Gasteiger partial charge in [-0.15, -0.1) is 0 Å². The van der Waals surface area contributed by atoms with Crippen molar-refractivity contribution in [3.63, 3.8) is 0 Å². The SMILES string of the molecule is COc1ccc2c(c1)C1(CC1c1ccc3c(/C=C/c4ccc5c(c4)CCN(C)C5)n[nH]c3c1)C(=O)N2. The minimum absolute atomic E-state index is 0.0841. The van der Waals surface area contributed by atoms with Gasteiger partial charge in [-0.1, -0.05) is 36.4 Å². The summed E-state index contributed by atoms with van der Waals surface area (Å²) in [5.41, 5.74) is 8.59. The fourth-order valence-electron chi connectivity index (χ4n) is 6.09. The molecular formula is C30H28N4O2. The summed E-state index contributed by atoms with van der Waals surface area (Å²) in [7, 11) is 3.83. The Morgan fingerprint density at radius 3 is 2.89 bits per heavy atom. The van der Waals surface area contributed by atoms with E-state index in [-0.39, 0.29) is 11.8 Å². The molecule has 0 saturated heterocycles. The van der Waals surface area contributed by atoms with Crippen LogP contribution in [0.3, 0.4) is 0 Å². The largest absolute Gasteiger partial charge is 0.497 e. The van der Waals surface area contributed by atoms with Crippen LogP contribution in [0.25, 0.3) is 23.1 Å². The van der Waals surface area contributed by atoms with E-state index in [2.05, 4.69) is 76.0 Å². The molecule has 1 aliphatic carbocycles. The molecule has 1 saturated carbocycles. The highest BCUT2D eigenvalue weighted by molar-refractivity contribution is 6.10. The third kappa shape index (κ3) is 3.21. The van der Waals surface area contributed by atoms with E-state index in [1.165, 1.54) is 16.7 Å². The number of carbonyl (C=O) groups is 1. The van der Waals surface area contributed by atoms with Crippen LogP contribution in [-0.2, 0) is 23.2 Å². The first kappa shape index (κ1) is 21.4. The highest BCUT2D eigenvalue weighted by atomic mass is 16.5. The molecule has 2 unspecified atom stereocenters. The molecule has 2 atom stereocenters. The van der Waals surface area contributed by atoms with Gasteiger partial charge in [0.2, 0.25) is 5.91 Å². The zero-order valence-electron chi connectivity index (χ0n) is 20.5. The van der Waals surface area contributed by atoms with Gasteiger partial charge in [0.05, 0.1) is 23.7 Å². The fraction of sp³-hybridized carbons (Fsp3) is 0.267. The maximum atomic E-state index is 13.0. The predicted octanol–water partition coefficient (Wildman–Crippen LogP) is 5.11. The second-order valence-electron chi connectivity index (χ2n) is 10.4. The van der Waals surface area contributed by atoms with E-state index in [0.29, 0.717) is 0 Å². The van der Waals surface area contributed by atoms with Gasteiger partial charge < -0.3 is 15.0 Å². The Bertz CT molecular complexity index is 1570. The number of nitrogens with one attached hydrogen (secondary N) is 2. The lowest BCUT2D eigenvalue weighted by Crippen LogP contribution is -2.26. The molecule has 6 nitrogen and oxygen atoms in total. The number of aromatic nitrogens is 2. The van der Waals surface area contributed by atoms with Gasteiger partial charge in [-0.25, -0.2) is 0 Å². The van der Waals surface area contributed by atoms with Crippen LogP contribution in [0, 0.1) is 0 Å². The molecule has 1 amide bonds. The van der Waals surface area contributed by atoms with Crippen LogP contribution < -0.4 is 10.1 Å². The molecule has 180 valence electrons. The van der Waals surface area contributed by atoms with Crippen LogP contribution in [-0.4, -0.2) is 41.7 Å². The highest BCUT2D eigenvalue weighted by Gasteiger charge is 2.65. The molecule has 1 spiro atoms. The second-order valence-corrected chi connectivity index (χ2v) is 10.4. The lowest BCUT2D eigenvalue weighted by atomic mass is 9.91. The van der Waals surface area contributed by atoms with Crippen molar-refractivity contribution in [3.05, 3.63) is 88.1 Å². The lowest BCUT2D eigenvalue weighted by molar-refractivity contribution is -0.118. The number of fused-ring (bicyclic) bond motifs is 4. The van der Waals surface area contributed by atoms with Crippen molar-refractivity contribution in [1.82, 2.24) is 15.1 Å². The van der Waals surface area contributed by atoms with Crippen molar-refractivity contribution >= 4 is 34.6 Å². The number of H-pyrrole nitrogens is 1. The van der Waals surface area contributed by atoms with Crippen molar-refractivity contribution in [3.8, 4) is 5.75 Å². The molecule has 6 heteroatoms. The number of aromatic amines is 1. The molecule has 1 aromatic heterocycles. The van der Waals surface area contributed by atoms with Crippen LogP contribution in [0.1, 0.15) is 45.8 Å². The Hall–Kier alpha value is -3.90. The molecule has 7 rings (SSSR count). The first-order valence-electron chi connectivity index (χ1n) is 12.5. The van der Waals surface area contributed by atoms with Gasteiger partial charge in [0.15, 0.2) is 0 Å². The quantitative estimate of drug-likeness (QED) is 0.430. The van der Waals surface area contributed by atoms with Crippen LogP contribution >= 0.6 is 0 Å². The van der Waals surface area contributed by atoms with Gasteiger partial charge in [-0.2, -0.15) is 5.10 Å². The van der Waals surface area contributed by atoms with E-state index in [1.807, 2.05) is 18.2 Å². The minimum atomic E-state index is -0.498. The summed E-state index contributed by atoms with van der Waals surface area (Å²) in [6, 6.07) is 19.0. The second kappa shape index (κ2) is 7.80. The molecule has 36 heavy (non-hydrogen) atoms. The van der Waals surface area contributed by atoms with E-state index < -0.39 is 5.41 Å². The Labute approximate surface area is 210 Å². The monoisotopic (exact) mass is 476 g/mol. The standard InChI is InChI=1S/C30H28N4O2/c1-34-12-11-19-13-18(3-5-21(19)17-34)4-9-26-23-8-6-20(14-28(23)33-32-26)25-16-30(25)24-15-22(36-2)7-10-27(24)31-29(30)35/h3-10,13-15,25H,11-12,16-17H2,1-2H3,(H,31,35)(H,32,33)/b9-4+. The van der Waals surface area contributed by atoms with E-state index in [4.69, 9.17) is 4.74 Å². The molecule has 3 aliphatic rings. The van der Waals surface area contributed by atoms with Crippen molar-refractivity contribution in [2.45, 2.75) is 30.7 Å². The van der Waals surface area contributed by atoms with E-state index in [1.54, 1.807) is 7.11 Å². The zero-order chi connectivity index (χ0) is 24.4. The summed E-state index contributed by atoms with van der Waals surface area (Å²) in [4.78, 5) is 15.4. The van der Waals surface area contributed by atoms with E-state index in [9.17, 15) is 4.79 Å². The molecule has 3 aromatic carbocycles. The lowest BCUT2D eigenvalue weighted by Gasteiger charge is -2.25. The van der Waals surface area contributed by atoms with Gasteiger partial charge in [-0.3, -0.25) is 9.89 Å². The molecule has 4 aromatic rings. The average Bonchev–Trinajstić information content (AvgIpc) is 3.44. The number of hydrogen-bond donors (Lipinski definition) is 2. The Morgan fingerprint density at radius 2 is 2.00 bits per heavy atom. The zero-order valence-corrected chi connectivity index (χ0v) is 20.5. The third-order valence-electron chi connectivity index (χ3n) is 8.21. The summed E-state index contributed by atoms with van der Waals surface area (Å²) in [6.07, 6.45) is 6.13. The number of nitrogens with zero attached hydrogens (tertiary/aromatic N) is 2. The van der Waals surface area contributed by atoms with Crippen molar-refractivity contribution in [1.29, 1.82) is 0 Å². The third-order valence-corrected chi connectivity index (χ3v) is 8.21. The van der Waals surface area contributed by atoms with Crippen molar-refractivity contribution in [2.75, 3.05) is 26.0 Å². The smallest absolute Gasteiger partial charge is 0.235 e. The molecule has 3 heterocycles. The normalized spacial score (nSPS) is 22.7. The first-order chi connectivity index (χ1) is 17.5. The summed E-state index contributed by atoms with van der Waals surface area (Å²) >= 11 is 0. The number of methoxy groups -OCH3 is 1. The molecule has 0 radical (unpaired) electrons. The maximum Gasteiger partial charge on any atom is 0.235 e. The number of benzene rings is 3. The van der Waals surface area contributed by atoms with Crippen LogP contribution in [0.15, 0.2) is 54.6 Å². The molecule has 0 bridgehead atoms. The summed E-state index contributed by atoms with van der Waals surface area (Å²) in [6.45, 7) is 2.13. The summed E-state index contributed by atoms with van der Waals surface area (Å²) in [5, 5.41) is 11.9. The topological polar surface area (TPSA) is 70.2 Å². The van der Waals surface area contributed by atoms with Crippen molar-refractivity contribution < 1.29 is 9.53 Å². The van der Waals surface area contributed by atoms with Crippen LogP contribution in [0.2, 0.25) is 0 Å². The van der Waals surface area contributed by atoms with E-state index >= 15 is 0 Å². The van der Waals surface area contributed by atoms with Crippen LogP contribution in [0.4, 0.5) is 5.69 Å². The first-order valence-corrected chi connectivity index (χ1v) is 12.5. The van der Waals surface area contributed by atoms with Gasteiger partial charge >= 0.3 is 0 Å². The fourth-order valence-corrected chi connectivity index (χ4v) is 6.09. The Kier molecular flexibility index (Phi) is 4.63. The highest BCUT2D eigenvalue weighted by Crippen LogP contribution is 2.65. The number of likely N-dealkylation sites (N-methyl/N-ethyl adjacent to an activating group) is 1. The number of ether oxygens (including phenoxy) is 1. The molecule has 1 fully saturated rings.